The van der Waals surface area contributed by atoms with Crippen LogP contribution in [-0.2, 0) is 12.8 Å². The molecule has 1 N–H and O–H groups in total. The fourth-order valence-electron chi connectivity index (χ4n) is 1.77. The van der Waals surface area contributed by atoms with Crippen molar-refractivity contribution in [1.82, 2.24) is 15.5 Å². The first kappa shape index (κ1) is 13.2. The molecule has 0 saturated carbocycles. The first-order valence-electron chi connectivity index (χ1n) is 6.39. The van der Waals surface area contributed by atoms with E-state index < -0.39 is 0 Å². The molecule has 0 unspecified atom stereocenters. The minimum Gasteiger partial charge on any atom is -0.320 e. The molecule has 1 aromatic carbocycles. The Morgan fingerprint density at radius 2 is 1.94 bits per heavy atom. The molecule has 0 aliphatic rings. The highest BCUT2D eigenvalue weighted by Crippen LogP contribution is 2.24. The highest BCUT2D eigenvalue weighted by Gasteiger charge is 2.06. The molecule has 0 bridgehead atoms. The summed E-state index contributed by atoms with van der Waals surface area (Å²) in [5, 5.41) is 13.8. The van der Waals surface area contributed by atoms with E-state index in [1.54, 1.807) is 11.3 Å². The summed E-state index contributed by atoms with van der Waals surface area (Å²) in [6.07, 6.45) is 3.19. The Hall–Kier alpha value is -1.26. The topological polar surface area (TPSA) is 37.8 Å². The number of aromatic nitrogens is 2. The lowest BCUT2D eigenvalue weighted by Crippen LogP contribution is -2.08. The molecule has 0 spiro atoms. The number of rotatable bonds is 6. The number of aryl methyl sites for hydroxylation is 2. The monoisotopic (exact) mass is 261 g/mol. The molecule has 2 aromatic rings. The van der Waals surface area contributed by atoms with E-state index in [1.165, 1.54) is 11.1 Å². The standard InChI is InChI=1S/C14H19N3S/c1-3-11-6-8-12(9-7-11)14-17-16-13(18-14)5-4-10-15-2/h6-9,15H,3-5,10H2,1-2H3. The molecule has 0 aliphatic carbocycles. The van der Waals surface area contributed by atoms with Gasteiger partial charge in [-0.15, -0.1) is 10.2 Å². The maximum atomic E-state index is 4.27. The molecular weight excluding hydrogens is 242 g/mol. The van der Waals surface area contributed by atoms with Gasteiger partial charge >= 0.3 is 0 Å². The van der Waals surface area contributed by atoms with Crippen LogP contribution in [0.4, 0.5) is 0 Å². The Morgan fingerprint density at radius 3 is 2.61 bits per heavy atom. The summed E-state index contributed by atoms with van der Waals surface area (Å²) in [5.74, 6) is 0. The number of hydrogen-bond acceptors (Lipinski definition) is 4. The van der Waals surface area contributed by atoms with Gasteiger partial charge < -0.3 is 5.32 Å². The summed E-state index contributed by atoms with van der Waals surface area (Å²) in [5.41, 5.74) is 2.53. The Bertz CT molecular complexity index is 476. The van der Waals surface area contributed by atoms with Gasteiger partial charge in [0.05, 0.1) is 0 Å². The van der Waals surface area contributed by atoms with Crippen molar-refractivity contribution in [2.75, 3.05) is 13.6 Å². The van der Waals surface area contributed by atoms with Crippen molar-refractivity contribution in [2.24, 2.45) is 0 Å². The van der Waals surface area contributed by atoms with E-state index in [4.69, 9.17) is 0 Å². The summed E-state index contributed by atoms with van der Waals surface area (Å²) in [7, 11) is 1.97. The van der Waals surface area contributed by atoms with Crippen LogP contribution in [0, 0.1) is 0 Å². The van der Waals surface area contributed by atoms with Crippen LogP contribution in [-0.4, -0.2) is 23.8 Å². The van der Waals surface area contributed by atoms with E-state index in [0.717, 1.165) is 35.8 Å². The predicted molar refractivity (Wildman–Crippen MR) is 77.0 cm³/mol. The van der Waals surface area contributed by atoms with Crippen molar-refractivity contribution in [3.8, 4) is 10.6 Å². The zero-order valence-corrected chi connectivity index (χ0v) is 11.8. The molecule has 2 rings (SSSR count). The lowest BCUT2D eigenvalue weighted by Gasteiger charge is -1.98. The third-order valence-corrected chi connectivity index (χ3v) is 3.93. The molecule has 3 nitrogen and oxygen atoms in total. The quantitative estimate of drug-likeness (QED) is 0.812. The van der Waals surface area contributed by atoms with Crippen molar-refractivity contribution in [3.63, 3.8) is 0 Å². The van der Waals surface area contributed by atoms with Crippen molar-refractivity contribution in [1.29, 1.82) is 0 Å². The van der Waals surface area contributed by atoms with Crippen LogP contribution < -0.4 is 5.32 Å². The lowest BCUT2D eigenvalue weighted by molar-refractivity contribution is 0.718. The second-order valence-electron chi connectivity index (χ2n) is 4.26. The molecule has 0 atom stereocenters. The molecule has 0 fully saturated rings. The number of nitrogens with one attached hydrogen (secondary N) is 1. The van der Waals surface area contributed by atoms with Crippen molar-refractivity contribution in [3.05, 3.63) is 34.8 Å². The summed E-state index contributed by atoms with van der Waals surface area (Å²) in [6, 6.07) is 8.60. The van der Waals surface area contributed by atoms with E-state index >= 15 is 0 Å². The summed E-state index contributed by atoms with van der Waals surface area (Å²) in [4.78, 5) is 0. The van der Waals surface area contributed by atoms with Gasteiger partial charge in [-0.05, 0) is 32.0 Å². The van der Waals surface area contributed by atoms with E-state index in [0.29, 0.717) is 0 Å². The smallest absolute Gasteiger partial charge is 0.147 e. The van der Waals surface area contributed by atoms with Gasteiger partial charge in [0.25, 0.3) is 0 Å². The molecule has 0 saturated heterocycles. The fourth-order valence-corrected chi connectivity index (χ4v) is 2.66. The van der Waals surface area contributed by atoms with Gasteiger partial charge in [-0.2, -0.15) is 0 Å². The van der Waals surface area contributed by atoms with Crippen LogP contribution in [0.1, 0.15) is 23.9 Å². The molecule has 96 valence electrons. The molecule has 0 radical (unpaired) electrons. The van der Waals surface area contributed by atoms with E-state index in [2.05, 4.69) is 46.7 Å². The maximum absolute atomic E-state index is 4.27. The summed E-state index contributed by atoms with van der Waals surface area (Å²) < 4.78 is 0. The average Bonchev–Trinajstić information content (AvgIpc) is 2.88. The van der Waals surface area contributed by atoms with Crippen LogP contribution in [0.25, 0.3) is 10.6 Å². The van der Waals surface area contributed by atoms with Crippen LogP contribution in [0.2, 0.25) is 0 Å². The van der Waals surface area contributed by atoms with Crippen LogP contribution in [0.15, 0.2) is 24.3 Å². The lowest BCUT2D eigenvalue weighted by atomic mass is 10.1. The average molecular weight is 261 g/mol. The highest BCUT2D eigenvalue weighted by molar-refractivity contribution is 7.14. The normalized spacial score (nSPS) is 10.8. The SMILES string of the molecule is CCc1ccc(-c2nnc(CCCNC)s2)cc1. The highest BCUT2D eigenvalue weighted by atomic mass is 32.1. The van der Waals surface area contributed by atoms with Gasteiger partial charge in [0.1, 0.15) is 10.0 Å². The molecule has 1 aromatic heterocycles. The predicted octanol–water partition coefficient (Wildman–Crippen LogP) is 2.92. The van der Waals surface area contributed by atoms with Crippen molar-refractivity contribution < 1.29 is 0 Å². The second kappa shape index (κ2) is 6.61. The van der Waals surface area contributed by atoms with E-state index in [9.17, 15) is 0 Å². The minimum atomic E-state index is 1.01. The van der Waals surface area contributed by atoms with Gasteiger partial charge in [-0.1, -0.05) is 42.5 Å². The van der Waals surface area contributed by atoms with Crippen molar-refractivity contribution >= 4 is 11.3 Å². The zero-order chi connectivity index (χ0) is 12.8. The largest absolute Gasteiger partial charge is 0.320 e. The van der Waals surface area contributed by atoms with Gasteiger partial charge in [-0.25, -0.2) is 0 Å². The first-order chi connectivity index (χ1) is 8.83. The third-order valence-electron chi connectivity index (χ3n) is 2.89. The third kappa shape index (κ3) is 3.37. The number of benzene rings is 1. The summed E-state index contributed by atoms with van der Waals surface area (Å²) in [6.45, 7) is 3.19. The number of hydrogen-bond donors (Lipinski definition) is 1. The Labute approximate surface area is 112 Å². The van der Waals surface area contributed by atoms with Gasteiger partial charge in [-0.3, -0.25) is 0 Å². The minimum absolute atomic E-state index is 1.01. The molecule has 1 heterocycles. The molecule has 0 amide bonds. The number of nitrogens with zero attached hydrogens (tertiary/aromatic N) is 2. The Morgan fingerprint density at radius 1 is 1.17 bits per heavy atom. The van der Waals surface area contributed by atoms with E-state index in [-0.39, 0.29) is 0 Å². The Balaban J connectivity index is 2.04. The van der Waals surface area contributed by atoms with Crippen LogP contribution in [0.5, 0.6) is 0 Å². The summed E-state index contributed by atoms with van der Waals surface area (Å²) >= 11 is 1.70. The molecule has 4 heteroatoms. The van der Waals surface area contributed by atoms with Crippen LogP contribution in [0.3, 0.4) is 0 Å². The van der Waals surface area contributed by atoms with Gasteiger partial charge in [0, 0.05) is 12.0 Å². The van der Waals surface area contributed by atoms with Crippen LogP contribution >= 0.6 is 11.3 Å². The molecule has 0 aliphatic heterocycles. The second-order valence-corrected chi connectivity index (χ2v) is 5.32. The van der Waals surface area contributed by atoms with Gasteiger partial charge in [0.2, 0.25) is 0 Å². The Kier molecular flexibility index (Phi) is 4.84. The van der Waals surface area contributed by atoms with E-state index in [1.807, 2.05) is 7.05 Å². The van der Waals surface area contributed by atoms with Gasteiger partial charge in [0.15, 0.2) is 0 Å². The zero-order valence-electron chi connectivity index (χ0n) is 10.9. The maximum Gasteiger partial charge on any atom is 0.147 e. The van der Waals surface area contributed by atoms with Crippen molar-refractivity contribution in [2.45, 2.75) is 26.2 Å². The fraction of sp³-hybridized carbons (Fsp3) is 0.429. The molecule has 18 heavy (non-hydrogen) atoms. The first-order valence-corrected chi connectivity index (χ1v) is 7.21. The molecular formula is C14H19N3S.